The van der Waals surface area contributed by atoms with Crippen molar-refractivity contribution in [2.75, 3.05) is 13.2 Å². The Balaban J connectivity index is 0. The summed E-state index contributed by atoms with van der Waals surface area (Å²) >= 11 is 0. The molecule has 64 valence electrons. The van der Waals surface area contributed by atoms with E-state index >= 15 is 0 Å². The second kappa shape index (κ2) is 13.7. The van der Waals surface area contributed by atoms with Crippen molar-refractivity contribution in [3.63, 3.8) is 0 Å². The Morgan fingerprint density at radius 3 is 2.42 bits per heavy atom. The molecule has 0 saturated heterocycles. The zero-order valence-corrected chi connectivity index (χ0v) is 8.36. The van der Waals surface area contributed by atoms with Crippen LogP contribution in [0.25, 0.3) is 0 Å². The van der Waals surface area contributed by atoms with Crippen molar-refractivity contribution in [1.82, 2.24) is 0 Å². The molecule has 1 nitrogen and oxygen atoms in total. The summed E-state index contributed by atoms with van der Waals surface area (Å²) in [5, 5.41) is 0. The number of unbranched alkanes of at least 4 members (excludes halogenated alkanes) is 3. The van der Waals surface area contributed by atoms with Crippen molar-refractivity contribution in [3.05, 3.63) is 6.42 Å². The van der Waals surface area contributed by atoms with Crippen LogP contribution in [-0.2, 0) is 4.74 Å². The summed E-state index contributed by atoms with van der Waals surface area (Å²) in [6.45, 7) is 3.90. The Hall–Kier alpha value is 0.117. The van der Waals surface area contributed by atoms with Gasteiger partial charge in [-0.25, -0.2) is 0 Å². The number of hydrogen-bond donors (Lipinski definition) is 0. The Bertz CT molecular complexity index is 107. The Kier molecular flexibility index (Phi) is 16.7. The van der Waals surface area contributed by atoms with Crippen molar-refractivity contribution in [1.29, 1.82) is 0 Å². The zero-order valence-electron chi connectivity index (χ0n) is 8.36. The minimum atomic E-state index is 0. The summed E-state index contributed by atoms with van der Waals surface area (Å²) in [5.41, 5.74) is 0. The molecule has 0 radical (unpaired) electrons. The fourth-order valence-electron chi connectivity index (χ4n) is 0.766. The zero-order chi connectivity index (χ0) is 8.36. The minimum absolute atomic E-state index is 0. The van der Waals surface area contributed by atoms with Crippen LogP contribution in [0, 0.1) is 12.3 Å². The largest absolute Gasteiger partial charge is 1.00 e. The van der Waals surface area contributed by atoms with Gasteiger partial charge in [-0.3, -0.25) is 0 Å². The van der Waals surface area contributed by atoms with Crippen molar-refractivity contribution in [2.45, 2.75) is 39.0 Å². The molecule has 0 unspecified atom stereocenters. The van der Waals surface area contributed by atoms with Crippen molar-refractivity contribution in [3.8, 4) is 5.92 Å². The molecule has 0 saturated carbocycles. The van der Waals surface area contributed by atoms with Crippen LogP contribution in [-0.4, -0.2) is 13.2 Å². The minimum Gasteiger partial charge on any atom is -0.694 e. The van der Waals surface area contributed by atoms with Gasteiger partial charge in [0.25, 0.3) is 0 Å². The van der Waals surface area contributed by atoms with Gasteiger partial charge >= 0.3 is 18.9 Å². The van der Waals surface area contributed by atoms with Crippen molar-refractivity contribution in [2.24, 2.45) is 0 Å². The maximum absolute atomic E-state index is 6.66. The predicted molar refractivity (Wildman–Crippen MR) is 46.7 cm³/mol. The van der Waals surface area contributed by atoms with E-state index in [1.165, 1.54) is 6.42 Å². The van der Waals surface area contributed by atoms with Crippen LogP contribution in [0.2, 0.25) is 0 Å². The topological polar surface area (TPSA) is 9.23 Å². The smallest absolute Gasteiger partial charge is 0.694 e. The fraction of sp³-hybridized carbons (Fsp3) is 0.800. The average Bonchev–Trinajstić information content (AvgIpc) is 2.03. The van der Waals surface area contributed by atoms with Gasteiger partial charge < -0.3 is 17.1 Å². The van der Waals surface area contributed by atoms with Crippen molar-refractivity contribution < 1.29 is 23.6 Å². The van der Waals surface area contributed by atoms with E-state index in [0.717, 1.165) is 38.9 Å². The van der Waals surface area contributed by atoms with E-state index in [1.54, 1.807) is 0 Å². The van der Waals surface area contributed by atoms with E-state index in [9.17, 15) is 0 Å². The number of rotatable bonds is 7. The van der Waals surface area contributed by atoms with E-state index in [2.05, 4.69) is 12.8 Å². The quantitative estimate of drug-likeness (QED) is 0.212. The first-order chi connectivity index (χ1) is 5.41. The first-order valence-corrected chi connectivity index (χ1v) is 4.39. The van der Waals surface area contributed by atoms with Crippen LogP contribution in [0.4, 0.5) is 0 Å². The maximum atomic E-state index is 6.66. The summed E-state index contributed by atoms with van der Waals surface area (Å²) < 4.78 is 5.33. The fourth-order valence-corrected chi connectivity index (χ4v) is 0.766. The molecule has 0 fully saturated rings. The number of hydrogen-bond acceptors (Lipinski definition) is 1. The molecule has 0 aliphatic rings. The summed E-state index contributed by atoms with van der Waals surface area (Å²) in [4.78, 5) is 0. The standard InChI is InChI=1S/C10H17O.Li/c1-3-5-7-8-10-11-9-6-4-2;/h4-10H2,2H3;/q-1;+1. The van der Waals surface area contributed by atoms with E-state index < -0.39 is 0 Å². The second-order valence-electron chi connectivity index (χ2n) is 2.60. The molecule has 0 atom stereocenters. The molecular weight excluding hydrogens is 143 g/mol. The molecule has 0 aromatic heterocycles. The molecule has 0 heterocycles. The first-order valence-electron chi connectivity index (χ1n) is 4.39. The molecule has 0 rings (SSSR count). The van der Waals surface area contributed by atoms with Gasteiger partial charge in [0.2, 0.25) is 0 Å². The maximum Gasteiger partial charge on any atom is 1.00 e. The van der Waals surface area contributed by atoms with Gasteiger partial charge in [0.05, 0.1) is 0 Å². The van der Waals surface area contributed by atoms with Crippen LogP contribution in [0.3, 0.4) is 0 Å². The summed E-state index contributed by atoms with van der Waals surface area (Å²) in [6, 6.07) is 0. The molecule has 0 amide bonds. The SMILES string of the molecule is [C-]#CCCCCOCCCC.[Li+]. The molecule has 0 aliphatic carbocycles. The monoisotopic (exact) mass is 160 g/mol. The normalized spacial score (nSPS) is 8.67. The molecule has 0 aromatic rings. The van der Waals surface area contributed by atoms with Gasteiger partial charge in [-0.05, 0) is 25.7 Å². The van der Waals surface area contributed by atoms with Gasteiger partial charge in [0.1, 0.15) is 0 Å². The Morgan fingerprint density at radius 1 is 1.17 bits per heavy atom. The van der Waals surface area contributed by atoms with Crippen molar-refractivity contribution >= 4 is 0 Å². The predicted octanol–water partition coefficient (Wildman–Crippen LogP) is -0.433. The van der Waals surface area contributed by atoms with Gasteiger partial charge in [-0.1, -0.05) is 13.3 Å². The third kappa shape index (κ3) is 12.8. The molecule has 2 heteroatoms. The molecule has 0 bridgehead atoms. The van der Waals surface area contributed by atoms with Gasteiger partial charge in [-0.15, -0.1) is 0 Å². The van der Waals surface area contributed by atoms with E-state index in [1.807, 2.05) is 0 Å². The van der Waals surface area contributed by atoms with Crippen LogP contribution in [0.5, 0.6) is 0 Å². The molecule has 0 spiro atoms. The third-order valence-electron chi connectivity index (χ3n) is 1.48. The van der Waals surface area contributed by atoms with E-state index in [4.69, 9.17) is 11.2 Å². The van der Waals surface area contributed by atoms with Gasteiger partial charge in [-0.2, -0.15) is 0 Å². The van der Waals surface area contributed by atoms with E-state index in [-0.39, 0.29) is 18.9 Å². The number of ether oxygens (including phenoxy) is 1. The molecule has 0 aromatic carbocycles. The van der Waals surface area contributed by atoms with Gasteiger partial charge in [0.15, 0.2) is 0 Å². The Morgan fingerprint density at radius 2 is 1.83 bits per heavy atom. The van der Waals surface area contributed by atoms with Crippen LogP contribution in [0.15, 0.2) is 0 Å². The molecule has 12 heavy (non-hydrogen) atoms. The van der Waals surface area contributed by atoms with Crippen LogP contribution < -0.4 is 18.9 Å². The summed E-state index contributed by atoms with van der Waals surface area (Å²) in [6.07, 6.45) is 11.9. The summed E-state index contributed by atoms with van der Waals surface area (Å²) in [5.74, 6) is 2.36. The first kappa shape index (κ1) is 14.6. The van der Waals surface area contributed by atoms with E-state index in [0.29, 0.717) is 0 Å². The van der Waals surface area contributed by atoms with Crippen LogP contribution >= 0.6 is 0 Å². The molecular formula is C10H17LiO. The van der Waals surface area contributed by atoms with Crippen LogP contribution in [0.1, 0.15) is 39.0 Å². The molecule has 0 aliphatic heterocycles. The summed E-state index contributed by atoms with van der Waals surface area (Å²) in [7, 11) is 0. The Labute approximate surface area is 88.4 Å². The average molecular weight is 160 g/mol. The third-order valence-corrected chi connectivity index (χ3v) is 1.48. The second-order valence-corrected chi connectivity index (χ2v) is 2.60. The van der Waals surface area contributed by atoms with Gasteiger partial charge in [0, 0.05) is 13.2 Å². The molecule has 0 N–H and O–H groups in total.